The van der Waals surface area contributed by atoms with E-state index in [0.717, 1.165) is 27.6 Å². The summed E-state index contributed by atoms with van der Waals surface area (Å²) in [5.74, 6) is -0.649. The van der Waals surface area contributed by atoms with E-state index in [4.69, 9.17) is 0 Å². The lowest BCUT2D eigenvalue weighted by molar-refractivity contribution is -0.137. The molecule has 3 aromatic carbocycles. The molecule has 3 aromatic rings. The third-order valence-electron chi connectivity index (χ3n) is 4.93. The van der Waals surface area contributed by atoms with Gasteiger partial charge in [0, 0.05) is 6.54 Å². The second-order valence-electron chi connectivity index (χ2n) is 7.64. The van der Waals surface area contributed by atoms with E-state index in [9.17, 15) is 26.4 Å². The maximum absolute atomic E-state index is 13.3. The number of amides is 1. The molecule has 174 valence electrons. The fourth-order valence-electron chi connectivity index (χ4n) is 3.18. The standard InChI is InChI=1S/C24H23F3N2O3S/c1-17-9-11-22(12-10-17)33(31,32)29(21-8-3-5-18(2)13-21)16-23(30)28-15-19-6-4-7-20(14-19)24(25,26)27/h3-14H,15-16H2,1-2H3,(H,28,30). The number of benzene rings is 3. The Kier molecular flexibility index (Phi) is 7.12. The number of hydrogen-bond donors (Lipinski definition) is 1. The number of nitrogens with zero attached hydrogens (tertiary/aromatic N) is 1. The maximum Gasteiger partial charge on any atom is 0.416 e. The first-order chi connectivity index (χ1) is 15.5. The Morgan fingerprint density at radius 3 is 2.21 bits per heavy atom. The molecule has 0 heterocycles. The highest BCUT2D eigenvalue weighted by Gasteiger charge is 2.30. The van der Waals surface area contributed by atoms with E-state index >= 15 is 0 Å². The van der Waals surface area contributed by atoms with Crippen LogP contribution < -0.4 is 9.62 Å². The Balaban J connectivity index is 1.83. The van der Waals surface area contributed by atoms with Crippen molar-refractivity contribution in [2.75, 3.05) is 10.8 Å². The summed E-state index contributed by atoms with van der Waals surface area (Å²) in [7, 11) is -4.07. The predicted octanol–water partition coefficient (Wildman–Crippen LogP) is 4.83. The van der Waals surface area contributed by atoms with Crippen molar-refractivity contribution >= 4 is 21.6 Å². The molecule has 0 saturated carbocycles. The minimum absolute atomic E-state index is 0.0280. The lowest BCUT2D eigenvalue weighted by atomic mass is 10.1. The number of carbonyl (C=O) groups is 1. The first-order valence-corrected chi connectivity index (χ1v) is 11.5. The zero-order valence-electron chi connectivity index (χ0n) is 18.1. The van der Waals surface area contributed by atoms with Gasteiger partial charge in [0.25, 0.3) is 10.0 Å². The van der Waals surface area contributed by atoms with Crippen molar-refractivity contribution in [1.82, 2.24) is 5.32 Å². The van der Waals surface area contributed by atoms with Crippen molar-refractivity contribution in [3.8, 4) is 0 Å². The summed E-state index contributed by atoms with van der Waals surface area (Å²) in [4.78, 5) is 12.7. The lowest BCUT2D eigenvalue weighted by Crippen LogP contribution is -2.40. The predicted molar refractivity (Wildman–Crippen MR) is 120 cm³/mol. The third kappa shape index (κ3) is 6.13. The Bertz CT molecular complexity index is 1240. The molecule has 1 amide bonds. The van der Waals surface area contributed by atoms with Crippen LogP contribution in [0.25, 0.3) is 0 Å². The topological polar surface area (TPSA) is 66.5 Å². The van der Waals surface area contributed by atoms with Crippen LogP contribution in [0.2, 0.25) is 0 Å². The van der Waals surface area contributed by atoms with Gasteiger partial charge in [0.2, 0.25) is 5.91 Å². The zero-order valence-corrected chi connectivity index (χ0v) is 18.9. The normalized spacial score (nSPS) is 11.8. The Morgan fingerprint density at radius 2 is 1.58 bits per heavy atom. The summed E-state index contributed by atoms with van der Waals surface area (Å²) in [5, 5.41) is 2.51. The number of aryl methyl sites for hydroxylation is 2. The molecule has 0 aliphatic carbocycles. The van der Waals surface area contributed by atoms with Crippen LogP contribution in [0.4, 0.5) is 18.9 Å². The molecule has 3 rings (SSSR count). The molecule has 0 aliphatic heterocycles. The van der Waals surface area contributed by atoms with E-state index in [2.05, 4.69) is 5.32 Å². The van der Waals surface area contributed by atoms with Gasteiger partial charge in [0.1, 0.15) is 6.54 Å². The van der Waals surface area contributed by atoms with Gasteiger partial charge in [0.15, 0.2) is 0 Å². The molecule has 1 N–H and O–H groups in total. The molecule has 0 fully saturated rings. The third-order valence-corrected chi connectivity index (χ3v) is 6.72. The second kappa shape index (κ2) is 9.66. The molecule has 0 bridgehead atoms. The molecule has 0 atom stereocenters. The van der Waals surface area contributed by atoms with E-state index in [1.165, 1.54) is 24.3 Å². The van der Waals surface area contributed by atoms with E-state index in [1.807, 2.05) is 6.92 Å². The highest BCUT2D eigenvalue weighted by molar-refractivity contribution is 7.92. The number of rotatable bonds is 7. The molecule has 5 nitrogen and oxygen atoms in total. The van der Waals surface area contributed by atoms with Crippen LogP contribution in [0, 0.1) is 13.8 Å². The Labute approximate surface area is 190 Å². The Hall–Kier alpha value is -3.33. The summed E-state index contributed by atoms with van der Waals surface area (Å²) >= 11 is 0. The minimum atomic E-state index is -4.50. The summed E-state index contributed by atoms with van der Waals surface area (Å²) in [6.07, 6.45) is -4.50. The van der Waals surface area contributed by atoms with E-state index in [-0.39, 0.29) is 17.0 Å². The van der Waals surface area contributed by atoms with E-state index in [1.54, 1.807) is 43.3 Å². The summed E-state index contributed by atoms with van der Waals surface area (Å²) < 4.78 is 66.4. The first-order valence-electron chi connectivity index (χ1n) is 10.1. The van der Waals surface area contributed by atoms with Crippen molar-refractivity contribution in [3.05, 3.63) is 95.1 Å². The average molecular weight is 477 g/mol. The number of hydrogen-bond acceptors (Lipinski definition) is 3. The van der Waals surface area contributed by atoms with Gasteiger partial charge >= 0.3 is 6.18 Å². The fraction of sp³-hybridized carbons (Fsp3) is 0.208. The van der Waals surface area contributed by atoms with Gasteiger partial charge in [-0.1, -0.05) is 42.0 Å². The first kappa shape index (κ1) is 24.3. The van der Waals surface area contributed by atoms with Crippen LogP contribution in [-0.4, -0.2) is 20.9 Å². The molecule has 9 heteroatoms. The quantitative estimate of drug-likeness (QED) is 0.531. The number of sulfonamides is 1. The number of halogens is 3. The second-order valence-corrected chi connectivity index (χ2v) is 9.50. The SMILES string of the molecule is Cc1ccc(S(=O)(=O)N(CC(=O)NCc2cccc(C(F)(F)F)c2)c2cccc(C)c2)cc1. The van der Waals surface area contributed by atoms with Gasteiger partial charge in [-0.15, -0.1) is 0 Å². The molecule has 0 aliphatic rings. The molecule has 0 aromatic heterocycles. The fourth-order valence-corrected chi connectivity index (χ4v) is 4.59. The largest absolute Gasteiger partial charge is 0.416 e. The molecule has 0 saturated heterocycles. The molecular weight excluding hydrogens is 453 g/mol. The van der Waals surface area contributed by atoms with Crippen LogP contribution in [0.3, 0.4) is 0 Å². The molecular formula is C24H23F3N2O3S. The van der Waals surface area contributed by atoms with Crippen LogP contribution in [0.1, 0.15) is 22.3 Å². The maximum atomic E-state index is 13.3. The Morgan fingerprint density at radius 1 is 0.909 bits per heavy atom. The minimum Gasteiger partial charge on any atom is -0.350 e. The molecule has 0 spiro atoms. The van der Waals surface area contributed by atoms with Crippen molar-refractivity contribution < 1.29 is 26.4 Å². The number of anilines is 1. The van der Waals surface area contributed by atoms with Gasteiger partial charge < -0.3 is 5.32 Å². The van der Waals surface area contributed by atoms with E-state index in [0.29, 0.717) is 5.69 Å². The van der Waals surface area contributed by atoms with Crippen molar-refractivity contribution in [1.29, 1.82) is 0 Å². The molecule has 0 radical (unpaired) electrons. The molecule has 33 heavy (non-hydrogen) atoms. The van der Waals surface area contributed by atoms with Crippen LogP contribution in [0.15, 0.2) is 77.7 Å². The van der Waals surface area contributed by atoms with Crippen molar-refractivity contribution in [2.45, 2.75) is 31.5 Å². The summed E-state index contributed by atoms with van der Waals surface area (Å²) in [6, 6.07) is 17.6. The highest BCUT2D eigenvalue weighted by atomic mass is 32.2. The van der Waals surface area contributed by atoms with Gasteiger partial charge in [-0.05, 0) is 61.4 Å². The number of carbonyl (C=O) groups excluding carboxylic acids is 1. The summed E-state index contributed by atoms with van der Waals surface area (Å²) in [6.45, 7) is 2.93. The number of nitrogens with one attached hydrogen (secondary N) is 1. The van der Waals surface area contributed by atoms with Gasteiger partial charge in [-0.25, -0.2) is 8.42 Å². The van der Waals surface area contributed by atoms with Crippen molar-refractivity contribution in [3.63, 3.8) is 0 Å². The number of alkyl halides is 3. The van der Waals surface area contributed by atoms with Crippen LogP contribution in [-0.2, 0) is 27.5 Å². The lowest BCUT2D eigenvalue weighted by Gasteiger charge is -2.24. The monoisotopic (exact) mass is 476 g/mol. The summed E-state index contributed by atoms with van der Waals surface area (Å²) in [5.41, 5.74) is 1.43. The van der Waals surface area contributed by atoms with Crippen LogP contribution >= 0.6 is 0 Å². The van der Waals surface area contributed by atoms with Gasteiger partial charge in [-0.2, -0.15) is 13.2 Å². The van der Waals surface area contributed by atoms with Gasteiger partial charge in [0.05, 0.1) is 16.1 Å². The smallest absolute Gasteiger partial charge is 0.350 e. The zero-order chi connectivity index (χ0) is 24.2. The highest BCUT2D eigenvalue weighted by Crippen LogP contribution is 2.29. The van der Waals surface area contributed by atoms with Crippen molar-refractivity contribution in [2.24, 2.45) is 0 Å². The van der Waals surface area contributed by atoms with Crippen LogP contribution in [0.5, 0.6) is 0 Å². The average Bonchev–Trinajstić information content (AvgIpc) is 2.76. The van der Waals surface area contributed by atoms with Gasteiger partial charge in [-0.3, -0.25) is 9.10 Å². The van der Waals surface area contributed by atoms with E-state index < -0.39 is 34.2 Å². The molecule has 0 unspecified atom stereocenters.